The van der Waals surface area contributed by atoms with E-state index >= 15 is 0 Å². The number of hydrogen-bond donors (Lipinski definition) is 0. The third-order valence-corrected chi connectivity index (χ3v) is 13.1. The molecule has 13 rings (SSSR count). The number of para-hydroxylation sites is 2. The van der Waals surface area contributed by atoms with Crippen LogP contribution in [-0.4, -0.2) is 19.9 Å². The summed E-state index contributed by atoms with van der Waals surface area (Å²) in [6, 6.07) is 72.9. The van der Waals surface area contributed by atoms with Gasteiger partial charge in [0, 0.05) is 51.2 Å². The highest BCUT2D eigenvalue weighted by Crippen LogP contribution is 2.62. The van der Waals surface area contributed by atoms with E-state index in [1.165, 1.54) is 16.5 Å². The second kappa shape index (κ2) is 14.3. The number of benzene rings is 9. The average molecular weight is 817 g/mol. The third-order valence-electron chi connectivity index (χ3n) is 13.1. The van der Waals surface area contributed by atoms with Gasteiger partial charge >= 0.3 is 0 Å². The largest absolute Gasteiger partial charge is 0.457 e. The summed E-state index contributed by atoms with van der Waals surface area (Å²) in [5.41, 5.74) is 13.6. The van der Waals surface area contributed by atoms with E-state index in [2.05, 4.69) is 193 Å². The van der Waals surface area contributed by atoms with Crippen molar-refractivity contribution < 1.29 is 4.74 Å². The summed E-state index contributed by atoms with van der Waals surface area (Å²) in [6.07, 6.45) is 3.89. The Labute approximate surface area is 370 Å². The summed E-state index contributed by atoms with van der Waals surface area (Å²) in [6.45, 7) is 0. The van der Waals surface area contributed by atoms with Crippen LogP contribution in [-0.2, 0) is 5.41 Å². The number of pyridine rings is 1. The highest BCUT2D eigenvalue weighted by atomic mass is 16.5. The number of nitrogens with zero attached hydrogens (tertiary/aromatic N) is 4. The van der Waals surface area contributed by atoms with Crippen molar-refractivity contribution in [2.45, 2.75) is 5.41 Å². The maximum atomic E-state index is 6.66. The molecule has 9 aromatic carbocycles. The van der Waals surface area contributed by atoms with Gasteiger partial charge in [-0.1, -0.05) is 182 Å². The minimum atomic E-state index is -0.624. The molecule has 0 bridgehead atoms. The van der Waals surface area contributed by atoms with Crippen molar-refractivity contribution in [3.63, 3.8) is 0 Å². The second-order valence-electron chi connectivity index (χ2n) is 16.5. The van der Waals surface area contributed by atoms with Gasteiger partial charge in [0.2, 0.25) is 0 Å². The molecule has 298 valence electrons. The van der Waals surface area contributed by atoms with Crippen molar-refractivity contribution in [1.29, 1.82) is 0 Å². The van der Waals surface area contributed by atoms with E-state index in [0.29, 0.717) is 17.5 Å². The zero-order chi connectivity index (χ0) is 42.2. The first-order valence-electron chi connectivity index (χ1n) is 21.6. The molecule has 5 nitrogen and oxygen atoms in total. The lowest BCUT2D eigenvalue weighted by Crippen LogP contribution is -2.32. The molecule has 0 saturated carbocycles. The topological polar surface area (TPSA) is 60.8 Å². The molecule has 2 aliphatic rings. The Bertz CT molecular complexity index is 3600. The van der Waals surface area contributed by atoms with Crippen LogP contribution >= 0.6 is 0 Å². The number of hydrogen-bond acceptors (Lipinski definition) is 5. The van der Waals surface area contributed by atoms with Gasteiger partial charge in [-0.05, 0) is 79.4 Å². The van der Waals surface area contributed by atoms with Crippen molar-refractivity contribution in [3.05, 3.63) is 241 Å². The predicted octanol–water partition coefficient (Wildman–Crippen LogP) is 14.4. The highest BCUT2D eigenvalue weighted by molar-refractivity contribution is 5.98. The predicted molar refractivity (Wildman–Crippen MR) is 257 cm³/mol. The highest BCUT2D eigenvalue weighted by Gasteiger charge is 2.51. The zero-order valence-corrected chi connectivity index (χ0v) is 34.5. The molecular weight excluding hydrogens is 781 g/mol. The van der Waals surface area contributed by atoms with Gasteiger partial charge in [-0.2, -0.15) is 0 Å². The first-order valence-corrected chi connectivity index (χ1v) is 21.6. The number of ether oxygens (including phenoxy) is 1. The molecule has 5 heteroatoms. The molecular formula is C59H36N4O. The van der Waals surface area contributed by atoms with Gasteiger partial charge in [0.15, 0.2) is 17.5 Å². The molecule has 11 aromatic rings. The molecule has 0 fully saturated rings. The quantitative estimate of drug-likeness (QED) is 0.173. The van der Waals surface area contributed by atoms with Crippen LogP contribution in [0.4, 0.5) is 0 Å². The van der Waals surface area contributed by atoms with Gasteiger partial charge in [-0.15, -0.1) is 0 Å². The molecule has 1 spiro atoms. The van der Waals surface area contributed by atoms with Gasteiger partial charge < -0.3 is 4.74 Å². The van der Waals surface area contributed by atoms with E-state index in [9.17, 15) is 0 Å². The lowest BCUT2D eigenvalue weighted by molar-refractivity contribution is 0.436. The Morgan fingerprint density at radius 1 is 0.312 bits per heavy atom. The molecule has 0 saturated heterocycles. The Morgan fingerprint density at radius 2 is 0.844 bits per heavy atom. The summed E-state index contributed by atoms with van der Waals surface area (Å²) >= 11 is 0. The second-order valence-corrected chi connectivity index (χ2v) is 16.5. The lowest BCUT2D eigenvalue weighted by atomic mass is 9.66. The molecule has 1 aliphatic heterocycles. The Balaban J connectivity index is 1.02. The van der Waals surface area contributed by atoms with Crippen LogP contribution in [0.15, 0.2) is 219 Å². The Kier molecular flexibility index (Phi) is 8.06. The molecule has 0 unspecified atom stereocenters. The van der Waals surface area contributed by atoms with E-state index in [-0.39, 0.29) is 0 Å². The molecule has 0 atom stereocenters. The third kappa shape index (κ3) is 5.51. The zero-order valence-electron chi connectivity index (χ0n) is 34.5. The van der Waals surface area contributed by atoms with Crippen molar-refractivity contribution in [3.8, 4) is 79.0 Å². The van der Waals surface area contributed by atoms with Gasteiger partial charge in [0.25, 0.3) is 0 Å². The summed E-state index contributed by atoms with van der Waals surface area (Å²) in [5.74, 6) is 3.59. The van der Waals surface area contributed by atoms with E-state index in [1.54, 1.807) is 0 Å². The number of rotatable bonds is 5. The van der Waals surface area contributed by atoms with Crippen LogP contribution in [0.3, 0.4) is 0 Å². The first-order chi connectivity index (χ1) is 31.7. The number of fused-ring (bicyclic) bond motifs is 11. The van der Waals surface area contributed by atoms with Crippen LogP contribution in [0.1, 0.15) is 22.3 Å². The fourth-order valence-electron chi connectivity index (χ4n) is 10.2. The van der Waals surface area contributed by atoms with Gasteiger partial charge in [-0.25, -0.2) is 15.0 Å². The monoisotopic (exact) mass is 816 g/mol. The maximum absolute atomic E-state index is 6.66. The van der Waals surface area contributed by atoms with Crippen LogP contribution in [0.2, 0.25) is 0 Å². The van der Waals surface area contributed by atoms with Crippen molar-refractivity contribution in [1.82, 2.24) is 19.9 Å². The standard InChI is InChI=1S/C59H36N4O/c1-2-14-40(15-3-1)56-61-57(63-58(62-56)46-20-12-17-38-13-4-6-18-44(38)46)42-30-32-51-48(34-42)47-33-41(37-25-27-39(28-26-37)49-36-60-35-43-16-5-7-19-45(43)49)29-31-50(47)59(51)52-21-8-10-23-54(52)64-55-24-11-9-22-53(55)59/h1-36H. The number of aromatic nitrogens is 4. The van der Waals surface area contributed by atoms with Crippen LogP contribution in [0, 0.1) is 0 Å². The Morgan fingerprint density at radius 3 is 1.58 bits per heavy atom. The van der Waals surface area contributed by atoms with Crippen LogP contribution < -0.4 is 4.74 Å². The van der Waals surface area contributed by atoms with E-state index in [1.807, 2.05) is 30.6 Å². The van der Waals surface area contributed by atoms with E-state index < -0.39 is 5.41 Å². The van der Waals surface area contributed by atoms with E-state index in [4.69, 9.17) is 19.7 Å². The summed E-state index contributed by atoms with van der Waals surface area (Å²) in [4.78, 5) is 20.2. The van der Waals surface area contributed by atoms with Crippen molar-refractivity contribution in [2.24, 2.45) is 0 Å². The van der Waals surface area contributed by atoms with E-state index in [0.717, 1.165) is 88.9 Å². The average Bonchev–Trinajstić information content (AvgIpc) is 3.65. The summed E-state index contributed by atoms with van der Waals surface area (Å²) in [7, 11) is 0. The molecule has 1 aliphatic carbocycles. The van der Waals surface area contributed by atoms with Gasteiger partial charge in [0.05, 0.1) is 5.41 Å². The summed E-state index contributed by atoms with van der Waals surface area (Å²) in [5, 5.41) is 4.55. The molecule has 3 heterocycles. The minimum Gasteiger partial charge on any atom is -0.457 e. The van der Waals surface area contributed by atoms with Gasteiger partial charge in [-0.3, -0.25) is 4.98 Å². The van der Waals surface area contributed by atoms with Crippen LogP contribution in [0.5, 0.6) is 11.5 Å². The molecule has 0 radical (unpaired) electrons. The molecule has 0 amide bonds. The Hall–Kier alpha value is -8.54. The SMILES string of the molecule is c1ccc(-c2nc(-c3ccc4c(c3)-c3cc(-c5ccc(-c6cncc7ccccc67)cc5)ccc3C43c4ccccc4Oc4ccccc43)nc(-c3cccc4ccccc34)n2)cc1. The molecule has 64 heavy (non-hydrogen) atoms. The first kappa shape index (κ1) is 36.1. The van der Waals surface area contributed by atoms with Crippen molar-refractivity contribution >= 4 is 21.5 Å². The minimum absolute atomic E-state index is 0.615. The fraction of sp³-hybridized carbons (Fsp3) is 0.0169. The summed E-state index contributed by atoms with van der Waals surface area (Å²) < 4.78 is 6.66. The fourth-order valence-corrected chi connectivity index (χ4v) is 10.2. The smallest absolute Gasteiger partial charge is 0.164 e. The maximum Gasteiger partial charge on any atom is 0.164 e. The van der Waals surface area contributed by atoms with Gasteiger partial charge in [0.1, 0.15) is 11.5 Å². The van der Waals surface area contributed by atoms with Crippen molar-refractivity contribution in [2.75, 3.05) is 0 Å². The molecule has 2 aromatic heterocycles. The normalized spacial score (nSPS) is 12.9. The van der Waals surface area contributed by atoms with Crippen LogP contribution in [0.25, 0.3) is 89.1 Å². The molecule has 0 N–H and O–H groups in total. The lowest BCUT2D eigenvalue weighted by Gasteiger charge is -2.39.